The normalized spacial score (nSPS) is 16.6. The van der Waals surface area contributed by atoms with E-state index in [0.29, 0.717) is 0 Å². The van der Waals surface area contributed by atoms with Crippen molar-refractivity contribution in [3.63, 3.8) is 0 Å². The van der Waals surface area contributed by atoms with Gasteiger partial charge in [0.1, 0.15) is 10.8 Å². The van der Waals surface area contributed by atoms with Crippen LogP contribution in [0, 0.1) is 0 Å². The molecular weight excluding hydrogens is 394 g/mol. The summed E-state index contributed by atoms with van der Waals surface area (Å²) < 4.78 is 5.30. The minimum Gasteiger partial charge on any atom is -0.497 e. The lowest BCUT2D eigenvalue weighted by Gasteiger charge is -2.37. The topological polar surface area (TPSA) is 64.1 Å². The Morgan fingerprint density at radius 3 is 2.47 bits per heavy atom. The van der Waals surface area contributed by atoms with Crippen molar-refractivity contribution in [2.45, 2.75) is 50.5 Å². The van der Waals surface area contributed by atoms with Gasteiger partial charge in [0.2, 0.25) is 5.91 Å². The van der Waals surface area contributed by atoms with Gasteiger partial charge in [-0.2, -0.15) is 0 Å². The van der Waals surface area contributed by atoms with Crippen LogP contribution in [0.25, 0.3) is 11.3 Å². The molecule has 1 unspecified atom stereocenters. The molecule has 156 valence electrons. The maximum absolute atomic E-state index is 13.6. The van der Waals surface area contributed by atoms with Crippen LogP contribution in [0.15, 0.2) is 54.2 Å². The van der Waals surface area contributed by atoms with E-state index >= 15 is 0 Å². The Bertz CT molecular complexity index is 979. The number of methoxy groups -OCH3 is 1. The van der Waals surface area contributed by atoms with Gasteiger partial charge in [0.05, 0.1) is 24.3 Å². The third-order valence-corrected chi connectivity index (χ3v) is 7.03. The van der Waals surface area contributed by atoms with Crippen molar-refractivity contribution in [1.82, 2.24) is 15.3 Å². The second kappa shape index (κ2) is 8.96. The molecule has 4 rings (SSSR count). The van der Waals surface area contributed by atoms with E-state index in [0.717, 1.165) is 53.3 Å². The van der Waals surface area contributed by atoms with Crippen molar-refractivity contribution in [1.29, 1.82) is 0 Å². The van der Waals surface area contributed by atoms with Crippen molar-refractivity contribution in [3.05, 3.63) is 64.7 Å². The van der Waals surface area contributed by atoms with E-state index in [1.165, 1.54) is 6.42 Å². The molecule has 0 saturated heterocycles. The van der Waals surface area contributed by atoms with E-state index in [9.17, 15) is 4.79 Å². The maximum Gasteiger partial charge on any atom is 0.231 e. The molecular formula is C24H27N3O2S. The molecule has 1 amide bonds. The predicted octanol–water partition coefficient (Wildman–Crippen LogP) is 5.29. The Balaban J connectivity index is 1.54. The molecule has 0 spiro atoms. The molecule has 3 aromatic rings. The zero-order valence-electron chi connectivity index (χ0n) is 17.4. The second-order valence-corrected chi connectivity index (χ2v) is 8.76. The number of rotatable bonds is 6. The van der Waals surface area contributed by atoms with Gasteiger partial charge in [-0.15, -0.1) is 11.3 Å². The lowest BCUT2D eigenvalue weighted by molar-refractivity contribution is -0.128. The summed E-state index contributed by atoms with van der Waals surface area (Å²) in [6.45, 7) is 2.01. The average molecular weight is 422 g/mol. The third kappa shape index (κ3) is 4.10. The number of nitrogens with zero attached hydrogens (tertiary/aromatic N) is 2. The summed E-state index contributed by atoms with van der Waals surface area (Å²) in [6, 6.07) is 11.7. The number of hydrogen-bond acceptors (Lipinski definition) is 5. The molecule has 30 heavy (non-hydrogen) atoms. The highest BCUT2D eigenvalue weighted by Crippen LogP contribution is 2.41. The molecule has 0 bridgehead atoms. The van der Waals surface area contributed by atoms with E-state index in [4.69, 9.17) is 9.72 Å². The summed E-state index contributed by atoms with van der Waals surface area (Å²) in [5, 5.41) is 6.21. The van der Waals surface area contributed by atoms with Crippen LogP contribution in [0.5, 0.6) is 5.75 Å². The van der Waals surface area contributed by atoms with Gasteiger partial charge in [0.25, 0.3) is 0 Å². The SMILES string of the molecule is COc1ccc(C2(C(=O)NC(C)c3nc(-c4ccncc4)cs3)CCCCC2)cc1. The highest BCUT2D eigenvalue weighted by molar-refractivity contribution is 7.10. The summed E-state index contributed by atoms with van der Waals surface area (Å²) in [6.07, 6.45) is 8.59. The molecule has 2 aromatic heterocycles. The first-order valence-electron chi connectivity index (χ1n) is 10.4. The Morgan fingerprint density at radius 1 is 1.10 bits per heavy atom. The van der Waals surface area contributed by atoms with E-state index in [1.807, 2.05) is 48.7 Å². The molecule has 1 atom stereocenters. The lowest BCUT2D eigenvalue weighted by Crippen LogP contribution is -2.46. The fraction of sp³-hybridized carbons (Fsp3) is 0.375. The van der Waals surface area contributed by atoms with Gasteiger partial charge in [0.15, 0.2) is 0 Å². The molecule has 1 saturated carbocycles. The minimum absolute atomic E-state index is 0.0977. The first kappa shape index (κ1) is 20.5. The van der Waals surface area contributed by atoms with Crippen molar-refractivity contribution < 1.29 is 9.53 Å². The number of aromatic nitrogens is 2. The van der Waals surface area contributed by atoms with Crippen LogP contribution in [0.2, 0.25) is 0 Å². The maximum atomic E-state index is 13.6. The van der Waals surface area contributed by atoms with Crippen molar-refractivity contribution in [3.8, 4) is 17.0 Å². The van der Waals surface area contributed by atoms with Gasteiger partial charge in [-0.25, -0.2) is 4.98 Å². The Hall–Kier alpha value is -2.73. The predicted molar refractivity (Wildman–Crippen MR) is 120 cm³/mol. The third-order valence-electron chi connectivity index (χ3n) is 6.00. The lowest BCUT2D eigenvalue weighted by atomic mass is 9.68. The van der Waals surface area contributed by atoms with Gasteiger partial charge < -0.3 is 10.1 Å². The van der Waals surface area contributed by atoms with Gasteiger partial charge in [-0.3, -0.25) is 9.78 Å². The monoisotopic (exact) mass is 421 g/mol. The van der Waals surface area contributed by atoms with Crippen molar-refractivity contribution >= 4 is 17.2 Å². The molecule has 5 nitrogen and oxygen atoms in total. The fourth-order valence-electron chi connectivity index (χ4n) is 4.25. The van der Waals surface area contributed by atoms with Gasteiger partial charge in [0, 0.05) is 23.3 Å². The Labute approximate surface area is 181 Å². The molecule has 0 aliphatic heterocycles. The average Bonchev–Trinajstić information content (AvgIpc) is 3.31. The van der Waals surface area contributed by atoms with Crippen LogP contribution in [0.1, 0.15) is 55.6 Å². The number of carbonyl (C=O) groups excluding carboxylic acids is 1. The van der Waals surface area contributed by atoms with Gasteiger partial charge >= 0.3 is 0 Å². The van der Waals surface area contributed by atoms with Crippen molar-refractivity contribution in [2.75, 3.05) is 7.11 Å². The minimum atomic E-state index is -0.482. The highest BCUT2D eigenvalue weighted by atomic mass is 32.1. The number of amides is 1. The number of ether oxygens (including phenoxy) is 1. The van der Waals surface area contributed by atoms with Gasteiger partial charge in [-0.1, -0.05) is 31.4 Å². The van der Waals surface area contributed by atoms with E-state index in [2.05, 4.69) is 10.3 Å². The first-order valence-corrected chi connectivity index (χ1v) is 11.3. The largest absolute Gasteiger partial charge is 0.497 e. The number of hydrogen-bond donors (Lipinski definition) is 1. The summed E-state index contributed by atoms with van der Waals surface area (Å²) in [4.78, 5) is 22.4. The molecule has 6 heteroatoms. The quantitative estimate of drug-likeness (QED) is 0.587. The number of benzene rings is 1. The summed E-state index contributed by atoms with van der Waals surface area (Å²) in [7, 11) is 1.66. The highest BCUT2D eigenvalue weighted by Gasteiger charge is 2.41. The fourth-order valence-corrected chi connectivity index (χ4v) is 5.09. The molecule has 1 aliphatic rings. The Kier molecular flexibility index (Phi) is 6.13. The van der Waals surface area contributed by atoms with Crippen LogP contribution < -0.4 is 10.1 Å². The van der Waals surface area contributed by atoms with E-state index < -0.39 is 5.41 Å². The van der Waals surface area contributed by atoms with Crippen molar-refractivity contribution in [2.24, 2.45) is 0 Å². The van der Waals surface area contributed by atoms with Gasteiger partial charge in [-0.05, 0) is 49.6 Å². The van der Waals surface area contributed by atoms with E-state index in [-0.39, 0.29) is 11.9 Å². The Morgan fingerprint density at radius 2 is 1.80 bits per heavy atom. The van der Waals surface area contributed by atoms with Crippen LogP contribution in [0.4, 0.5) is 0 Å². The first-order chi connectivity index (χ1) is 14.6. The second-order valence-electron chi connectivity index (χ2n) is 7.87. The number of carbonyl (C=O) groups is 1. The molecule has 1 N–H and O–H groups in total. The number of pyridine rings is 1. The summed E-state index contributed by atoms with van der Waals surface area (Å²) in [5.41, 5.74) is 2.54. The summed E-state index contributed by atoms with van der Waals surface area (Å²) in [5.74, 6) is 0.908. The number of thiazole rings is 1. The zero-order chi connectivity index (χ0) is 21.0. The van der Waals surface area contributed by atoms with Crippen LogP contribution >= 0.6 is 11.3 Å². The molecule has 0 radical (unpaired) electrons. The van der Waals surface area contributed by atoms with Crippen LogP contribution in [-0.2, 0) is 10.2 Å². The molecule has 1 aliphatic carbocycles. The smallest absolute Gasteiger partial charge is 0.231 e. The van der Waals surface area contributed by atoms with E-state index in [1.54, 1.807) is 30.8 Å². The summed E-state index contributed by atoms with van der Waals surface area (Å²) >= 11 is 1.58. The van der Waals surface area contributed by atoms with Crippen LogP contribution in [0.3, 0.4) is 0 Å². The van der Waals surface area contributed by atoms with Crippen LogP contribution in [-0.4, -0.2) is 23.0 Å². The molecule has 1 fully saturated rings. The number of nitrogens with one attached hydrogen (secondary N) is 1. The molecule has 2 heterocycles. The standard InChI is InChI=1S/C24H27N3O2S/c1-17(22-27-21(16-30-22)18-10-14-25-15-11-18)26-23(28)24(12-4-3-5-13-24)19-6-8-20(29-2)9-7-19/h6-11,14-17H,3-5,12-13H2,1-2H3,(H,26,28). The zero-order valence-corrected chi connectivity index (χ0v) is 18.2. The molecule has 1 aromatic carbocycles.